The van der Waals surface area contributed by atoms with Crippen LogP contribution in [0.2, 0.25) is 0 Å². The number of hydrogen-bond donors (Lipinski definition) is 2. The molecule has 2 aromatic carbocycles. The van der Waals surface area contributed by atoms with Gasteiger partial charge in [-0.1, -0.05) is 69.4 Å². The molecule has 0 saturated carbocycles. The van der Waals surface area contributed by atoms with E-state index in [0.717, 1.165) is 22.2 Å². The van der Waals surface area contributed by atoms with Gasteiger partial charge in [0.1, 0.15) is 11.0 Å². The predicted molar refractivity (Wildman–Crippen MR) is 120 cm³/mol. The van der Waals surface area contributed by atoms with E-state index in [1.54, 1.807) is 32.0 Å². The van der Waals surface area contributed by atoms with Crippen LogP contribution < -0.4 is 10.0 Å². The van der Waals surface area contributed by atoms with Crippen molar-refractivity contribution in [2.75, 3.05) is 5.32 Å². The first-order valence-corrected chi connectivity index (χ1v) is 12.1. The molecule has 0 aliphatic carbocycles. The lowest BCUT2D eigenvalue weighted by Gasteiger charge is -2.21. The molecule has 7 nitrogen and oxygen atoms in total. The van der Waals surface area contributed by atoms with Gasteiger partial charge in [0, 0.05) is 6.42 Å². The molecule has 1 unspecified atom stereocenters. The Kier molecular flexibility index (Phi) is 6.84. The minimum atomic E-state index is -3.89. The van der Waals surface area contributed by atoms with Crippen LogP contribution >= 0.6 is 11.3 Å². The van der Waals surface area contributed by atoms with Gasteiger partial charge in [0.25, 0.3) is 0 Å². The maximum atomic E-state index is 13.0. The van der Waals surface area contributed by atoms with Crippen LogP contribution in [0.1, 0.15) is 32.7 Å². The molecule has 0 saturated heterocycles. The number of aromatic nitrogens is 2. The summed E-state index contributed by atoms with van der Waals surface area (Å²) < 4.78 is 28.5. The summed E-state index contributed by atoms with van der Waals surface area (Å²) >= 11 is 1.30. The highest BCUT2D eigenvalue weighted by Gasteiger charge is 2.29. The normalized spacial score (nSPS) is 13.1. The predicted octanol–water partition coefficient (Wildman–Crippen LogP) is 3.83. The van der Waals surface area contributed by atoms with Crippen LogP contribution in [-0.2, 0) is 21.2 Å². The standard InChI is InChI=1S/C21H26N4O3S2/c1-13(2)11-18-23-24-21(29-18)22-20(26)19(14(3)4)25-30(27,28)17-10-9-15-7-5-6-8-16(15)12-17/h5-10,12-14,19,25H,11H2,1-4H3,(H,22,24,26). The average Bonchev–Trinajstić information content (AvgIpc) is 3.11. The number of amides is 1. The number of nitrogens with one attached hydrogen (secondary N) is 2. The summed E-state index contributed by atoms with van der Waals surface area (Å²) in [6, 6.07) is 11.5. The molecule has 0 fully saturated rings. The number of rotatable bonds is 8. The van der Waals surface area contributed by atoms with Crippen LogP contribution in [0.25, 0.3) is 10.8 Å². The molecule has 2 N–H and O–H groups in total. The maximum Gasteiger partial charge on any atom is 0.244 e. The Bertz CT molecular complexity index is 1140. The highest BCUT2D eigenvalue weighted by atomic mass is 32.2. The SMILES string of the molecule is CC(C)Cc1nnc(NC(=O)C(NS(=O)(=O)c2ccc3ccccc3c2)C(C)C)s1. The Morgan fingerprint density at radius 1 is 1.03 bits per heavy atom. The average molecular weight is 447 g/mol. The molecule has 0 bridgehead atoms. The van der Waals surface area contributed by atoms with E-state index in [0.29, 0.717) is 11.0 Å². The van der Waals surface area contributed by atoms with Crippen LogP contribution in [-0.4, -0.2) is 30.6 Å². The van der Waals surface area contributed by atoms with Gasteiger partial charge >= 0.3 is 0 Å². The number of fused-ring (bicyclic) bond motifs is 1. The molecule has 1 aromatic heterocycles. The monoisotopic (exact) mass is 446 g/mol. The fraction of sp³-hybridized carbons (Fsp3) is 0.381. The Balaban J connectivity index is 1.77. The lowest BCUT2D eigenvalue weighted by atomic mass is 10.1. The molecule has 1 heterocycles. The van der Waals surface area contributed by atoms with Gasteiger partial charge in [-0.05, 0) is 34.7 Å². The second-order valence-electron chi connectivity index (χ2n) is 7.94. The Labute approximate surface area is 181 Å². The number of sulfonamides is 1. The molecule has 1 atom stereocenters. The zero-order valence-electron chi connectivity index (χ0n) is 17.4. The minimum Gasteiger partial charge on any atom is -0.299 e. The number of carbonyl (C=O) groups is 1. The summed E-state index contributed by atoms with van der Waals surface area (Å²) in [5.41, 5.74) is 0. The van der Waals surface area contributed by atoms with E-state index in [1.165, 1.54) is 11.3 Å². The largest absolute Gasteiger partial charge is 0.299 e. The van der Waals surface area contributed by atoms with E-state index >= 15 is 0 Å². The molecule has 1 amide bonds. The molecule has 0 aliphatic heterocycles. The van der Waals surface area contributed by atoms with E-state index in [4.69, 9.17) is 0 Å². The van der Waals surface area contributed by atoms with Gasteiger partial charge in [-0.15, -0.1) is 10.2 Å². The molecule has 0 radical (unpaired) electrons. The topological polar surface area (TPSA) is 101 Å². The highest BCUT2D eigenvalue weighted by molar-refractivity contribution is 7.89. The van der Waals surface area contributed by atoms with Gasteiger partial charge in [0.15, 0.2) is 0 Å². The van der Waals surface area contributed by atoms with Crippen molar-refractivity contribution < 1.29 is 13.2 Å². The van der Waals surface area contributed by atoms with Crippen LogP contribution in [0, 0.1) is 11.8 Å². The highest BCUT2D eigenvalue weighted by Crippen LogP contribution is 2.21. The Morgan fingerprint density at radius 3 is 2.40 bits per heavy atom. The van der Waals surface area contributed by atoms with E-state index in [1.807, 2.05) is 24.3 Å². The summed E-state index contributed by atoms with van der Waals surface area (Å²) in [7, 11) is -3.89. The molecule has 3 aromatic rings. The molecular formula is C21H26N4O3S2. The van der Waals surface area contributed by atoms with Crippen LogP contribution in [0.4, 0.5) is 5.13 Å². The summed E-state index contributed by atoms with van der Waals surface area (Å²) in [6.07, 6.45) is 0.774. The smallest absolute Gasteiger partial charge is 0.244 e. The maximum absolute atomic E-state index is 13.0. The molecule has 0 spiro atoms. The van der Waals surface area contributed by atoms with Gasteiger partial charge < -0.3 is 0 Å². The van der Waals surface area contributed by atoms with Gasteiger partial charge in [0.05, 0.1) is 4.90 Å². The van der Waals surface area contributed by atoms with Crippen LogP contribution in [0.3, 0.4) is 0 Å². The van der Waals surface area contributed by atoms with E-state index in [9.17, 15) is 13.2 Å². The number of nitrogens with zero attached hydrogens (tertiary/aromatic N) is 2. The van der Waals surface area contributed by atoms with Crippen LogP contribution in [0.5, 0.6) is 0 Å². The minimum absolute atomic E-state index is 0.120. The zero-order chi connectivity index (χ0) is 21.9. The Hall–Kier alpha value is -2.36. The van der Waals surface area contributed by atoms with Crippen molar-refractivity contribution >= 4 is 43.2 Å². The number of hydrogen-bond acceptors (Lipinski definition) is 6. The second-order valence-corrected chi connectivity index (χ2v) is 10.7. The molecule has 0 aliphatic rings. The van der Waals surface area contributed by atoms with Crippen molar-refractivity contribution in [3.63, 3.8) is 0 Å². The first-order chi connectivity index (χ1) is 14.2. The van der Waals surface area contributed by atoms with Crippen LogP contribution in [0.15, 0.2) is 47.4 Å². The zero-order valence-corrected chi connectivity index (χ0v) is 19.0. The lowest BCUT2D eigenvalue weighted by Crippen LogP contribution is -2.47. The molecule has 3 rings (SSSR count). The van der Waals surface area contributed by atoms with Crippen molar-refractivity contribution in [2.24, 2.45) is 11.8 Å². The lowest BCUT2D eigenvalue weighted by molar-refractivity contribution is -0.118. The second kappa shape index (κ2) is 9.20. The summed E-state index contributed by atoms with van der Waals surface area (Å²) in [5, 5.41) is 13.7. The third-order valence-electron chi connectivity index (χ3n) is 4.54. The van der Waals surface area contributed by atoms with Gasteiger partial charge in [0.2, 0.25) is 21.1 Å². The van der Waals surface area contributed by atoms with Crippen molar-refractivity contribution in [3.8, 4) is 0 Å². The van der Waals surface area contributed by atoms with Gasteiger partial charge in [-0.25, -0.2) is 8.42 Å². The number of carbonyl (C=O) groups excluding carboxylic acids is 1. The molecule has 9 heteroatoms. The van der Waals surface area contributed by atoms with Crippen molar-refractivity contribution in [1.82, 2.24) is 14.9 Å². The third-order valence-corrected chi connectivity index (χ3v) is 6.84. The number of benzene rings is 2. The molecule has 30 heavy (non-hydrogen) atoms. The first-order valence-electron chi connectivity index (χ1n) is 9.80. The van der Waals surface area contributed by atoms with E-state index < -0.39 is 22.0 Å². The molecule has 160 valence electrons. The van der Waals surface area contributed by atoms with E-state index in [-0.39, 0.29) is 10.8 Å². The van der Waals surface area contributed by atoms with Crippen molar-refractivity contribution in [2.45, 2.75) is 45.1 Å². The van der Waals surface area contributed by atoms with Gasteiger partial charge in [-0.3, -0.25) is 10.1 Å². The fourth-order valence-corrected chi connectivity index (χ4v) is 5.31. The van der Waals surface area contributed by atoms with E-state index in [2.05, 4.69) is 34.1 Å². The third kappa shape index (κ3) is 5.41. The fourth-order valence-electron chi connectivity index (χ4n) is 2.98. The summed E-state index contributed by atoms with van der Waals surface area (Å²) in [6.45, 7) is 7.74. The van der Waals surface area contributed by atoms with Crippen molar-refractivity contribution in [1.29, 1.82) is 0 Å². The van der Waals surface area contributed by atoms with Gasteiger partial charge in [-0.2, -0.15) is 4.72 Å². The summed E-state index contributed by atoms with van der Waals surface area (Å²) in [5.74, 6) is -0.288. The van der Waals surface area contributed by atoms with Crippen molar-refractivity contribution in [3.05, 3.63) is 47.5 Å². The number of anilines is 1. The summed E-state index contributed by atoms with van der Waals surface area (Å²) in [4.78, 5) is 12.9. The quantitative estimate of drug-likeness (QED) is 0.548. The first kappa shape index (κ1) is 22.3. The Morgan fingerprint density at radius 2 is 1.73 bits per heavy atom. The molecular weight excluding hydrogens is 420 g/mol.